The lowest BCUT2D eigenvalue weighted by atomic mass is 10.2. The number of benzene rings is 2. The Kier molecular flexibility index (Phi) is 3.32. The molecule has 0 unspecified atom stereocenters. The molecule has 2 aromatic carbocycles. The average Bonchev–Trinajstić information content (AvgIpc) is 2.77. The highest BCUT2D eigenvalue weighted by molar-refractivity contribution is 5.86. The normalized spacial score (nSPS) is 11.0. The Labute approximate surface area is 124 Å². The number of nitro benzene ring substituents is 1. The van der Waals surface area contributed by atoms with Crippen molar-refractivity contribution >= 4 is 16.7 Å². The molecule has 0 N–H and O–H groups in total. The van der Waals surface area contributed by atoms with Gasteiger partial charge in [-0.1, -0.05) is 30.3 Å². The fourth-order valence-electron chi connectivity index (χ4n) is 2.43. The number of halogens is 2. The first kappa shape index (κ1) is 14.1. The maximum Gasteiger partial charge on any atom is 0.335 e. The third kappa shape index (κ3) is 2.20. The summed E-state index contributed by atoms with van der Waals surface area (Å²) in [6.45, 7) is 2.01. The molecule has 5 nitrogen and oxygen atoms in total. The Bertz CT molecular complexity index is 876. The Balaban J connectivity index is 2.24. The van der Waals surface area contributed by atoms with E-state index in [2.05, 4.69) is 4.98 Å². The number of hydrogen-bond donors (Lipinski definition) is 0. The largest absolute Gasteiger partial charge is 0.335 e. The summed E-state index contributed by atoms with van der Waals surface area (Å²) in [5.74, 6) is -2.29. The summed E-state index contributed by atoms with van der Waals surface area (Å²) in [4.78, 5) is 14.1. The molecule has 1 heterocycles. The second-order valence-corrected chi connectivity index (χ2v) is 4.88. The van der Waals surface area contributed by atoms with Crippen LogP contribution in [0.2, 0.25) is 0 Å². The van der Waals surface area contributed by atoms with Crippen molar-refractivity contribution in [1.82, 2.24) is 9.55 Å². The summed E-state index contributed by atoms with van der Waals surface area (Å²) in [6, 6.07) is 10.3. The van der Waals surface area contributed by atoms with E-state index in [1.54, 1.807) is 11.5 Å². The Morgan fingerprint density at radius 3 is 2.59 bits per heavy atom. The number of nitrogens with zero attached hydrogens (tertiary/aromatic N) is 3. The van der Waals surface area contributed by atoms with E-state index in [9.17, 15) is 18.9 Å². The lowest BCUT2D eigenvalue weighted by Gasteiger charge is -2.07. The molecule has 0 aliphatic heterocycles. The van der Waals surface area contributed by atoms with Gasteiger partial charge in [0.1, 0.15) is 5.82 Å². The van der Waals surface area contributed by atoms with Crippen LogP contribution in [0.15, 0.2) is 36.4 Å². The van der Waals surface area contributed by atoms with Crippen LogP contribution < -0.4 is 0 Å². The number of aromatic nitrogens is 2. The van der Waals surface area contributed by atoms with Crippen LogP contribution in [-0.2, 0) is 6.54 Å². The van der Waals surface area contributed by atoms with Gasteiger partial charge in [0.2, 0.25) is 5.82 Å². The maximum absolute atomic E-state index is 13.7. The van der Waals surface area contributed by atoms with Gasteiger partial charge in [-0.05, 0) is 12.5 Å². The van der Waals surface area contributed by atoms with E-state index in [1.165, 1.54) is 0 Å². The molecule has 112 valence electrons. The van der Waals surface area contributed by atoms with E-state index in [4.69, 9.17) is 0 Å². The number of fused-ring (bicyclic) bond motifs is 1. The summed E-state index contributed by atoms with van der Waals surface area (Å²) in [5, 5.41) is 11.0. The molecule has 3 aromatic rings. The first-order chi connectivity index (χ1) is 10.5. The van der Waals surface area contributed by atoms with Crippen LogP contribution in [0.4, 0.5) is 14.5 Å². The van der Waals surface area contributed by atoms with Gasteiger partial charge in [0, 0.05) is 12.6 Å². The van der Waals surface area contributed by atoms with Crippen LogP contribution in [0, 0.1) is 28.7 Å². The quantitative estimate of drug-likeness (QED) is 0.549. The molecule has 0 amide bonds. The third-order valence-corrected chi connectivity index (χ3v) is 3.47. The van der Waals surface area contributed by atoms with Crippen molar-refractivity contribution in [3.63, 3.8) is 0 Å². The maximum atomic E-state index is 13.7. The van der Waals surface area contributed by atoms with Gasteiger partial charge in [-0.25, -0.2) is 9.37 Å². The zero-order valence-corrected chi connectivity index (χ0v) is 11.6. The average molecular weight is 303 g/mol. The van der Waals surface area contributed by atoms with Crippen molar-refractivity contribution in [2.45, 2.75) is 13.5 Å². The zero-order valence-electron chi connectivity index (χ0n) is 11.6. The lowest BCUT2D eigenvalue weighted by molar-refractivity contribution is -0.386. The van der Waals surface area contributed by atoms with Gasteiger partial charge in [-0.3, -0.25) is 10.1 Å². The second kappa shape index (κ2) is 5.18. The van der Waals surface area contributed by atoms with Gasteiger partial charge < -0.3 is 4.57 Å². The molecule has 0 radical (unpaired) electrons. The van der Waals surface area contributed by atoms with E-state index in [1.807, 2.05) is 30.3 Å². The monoisotopic (exact) mass is 303 g/mol. The number of imidazole rings is 1. The van der Waals surface area contributed by atoms with Crippen LogP contribution in [-0.4, -0.2) is 14.5 Å². The smallest absolute Gasteiger partial charge is 0.323 e. The molecule has 3 rings (SSSR count). The van der Waals surface area contributed by atoms with Crippen molar-refractivity contribution in [1.29, 1.82) is 0 Å². The molecule has 0 spiro atoms. The fraction of sp³-hybridized carbons (Fsp3) is 0.133. The highest BCUT2D eigenvalue weighted by Crippen LogP contribution is 2.31. The third-order valence-electron chi connectivity index (χ3n) is 3.47. The van der Waals surface area contributed by atoms with Gasteiger partial charge in [0.05, 0.1) is 10.4 Å². The summed E-state index contributed by atoms with van der Waals surface area (Å²) in [5.41, 5.74) is 0.0616. The Morgan fingerprint density at radius 1 is 1.27 bits per heavy atom. The van der Waals surface area contributed by atoms with E-state index in [-0.39, 0.29) is 11.0 Å². The molecule has 1 aromatic heterocycles. The van der Waals surface area contributed by atoms with Gasteiger partial charge >= 0.3 is 5.69 Å². The predicted molar refractivity (Wildman–Crippen MR) is 76.6 cm³/mol. The summed E-state index contributed by atoms with van der Waals surface area (Å²) in [6.07, 6.45) is 0. The van der Waals surface area contributed by atoms with Crippen molar-refractivity contribution in [3.8, 4) is 0 Å². The van der Waals surface area contributed by atoms with Crippen LogP contribution >= 0.6 is 0 Å². The lowest BCUT2D eigenvalue weighted by Crippen LogP contribution is -2.03. The zero-order chi connectivity index (χ0) is 15.9. The topological polar surface area (TPSA) is 61.0 Å². The van der Waals surface area contributed by atoms with E-state index in [0.717, 1.165) is 11.6 Å². The van der Waals surface area contributed by atoms with Gasteiger partial charge in [-0.15, -0.1) is 0 Å². The van der Waals surface area contributed by atoms with Crippen LogP contribution in [0.5, 0.6) is 0 Å². The van der Waals surface area contributed by atoms with Crippen LogP contribution in [0.3, 0.4) is 0 Å². The summed E-state index contributed by atoms with van der Waals surface area (Å²) in [7, 11) is 0. The van der Waals surface area contributed by atoms with Crippen LogP contribution in [0.25, 0.3) is 11.0 Å². The molecule has 0 fully saturated rings. The number of nitro groups is 1. The predicted octanol–water partition coefficient (Wildman–Crippen LogP) is 3.58. The standard InChI is InChI=1S/C15H11F2N3O2/c1-9-18-14-12(7-11(16)13(17)15(14)20(21)22)19(9)8-10-5-3-2-4-6-10/h2-7H,8H2,1H3. The molecule has 0 aliphatic rings. The number of aryl methyl sites for hydroxylation is 1. The highest BCUT2D eigenvalue weighted by atomic mass is 19.2. The first-order valence-electron chi connectivity index (χ1n) is 6.52. The van der Waals surface area contributed by atoms with E-state index in [0.29, 0.717) is 12.4 Å². The highest BCUT2D eigenvalue weighted by Gasteiger charge is 2.27. The van der Waals surface area contributed by atoms with Crippen molar-refractivity contribution < 1.29 is 13.7 Å². The van der Waals surface area contributed by atoms with E-state index >= 15 is 0 Å². The first-order valence-corrected chi connectivity index (χ1v) is 6.52. The minimum Gasteiger partial charge on any atom is -0.323 e. The summed E-state index contributed by atoms with van der Waals surface area (Å²) >= 11 is 0. The summed E-state index contributed by atoms with van der Waals surface area (Å²) < 4.78 is 29.0. The second-order valence-electron chi connectivity index (χ2n) is 4.88. The fourth-order valence-corrected chi connectivity index (χ4v) is 2.43. The van der Waals surface area contributed by atoms with Crippen LogP contribution in [0.1, 0.15) is 11.4 Å². The number of rotatable bonds is 3. The van der Waals surface area contributed by atoms with Gasteiger partial charge in [0.15, 0.2) is 11.3 Å². The molecular weight excluding hydrogens is 292 g/mol. The van der Waals surface area contributed by atoms with Crippen molar-refractivity contribution in [2.24, 2.45) is 0 Å². The molecule has 22 heavy (non-hydrogen) atoms. The Morgan fingerprint density at radius 2 is 1.95 bits per heavy atom. The molecular formula is C15H11F2N3O2. The molecule has 0 saturated carbocycles. The number of hydrogen-bond acceptors (Lipinski definition) is 3. The minimum atomic E-state index is -1.48. The van der Waals surface area contributed by atoms with Gasteiger partial charge in [0.25, 0.3) is 0 Å². The SMILES string of the molecule is Cc1nc2c([N+](=O)[O-])c(F)c(F)cc2n1Cc1ccccc1. The van der Waals surface area contributed by atoms with Crippen molar-refractivity contribution in [3.05, 3.63) is 69.5 Å². The molecule has 0 aliphatic carbocycles. The van der Waals surface area contributed by atoms with Crippen molar-refractivity contribution in [2.75, 3.05) is 0 Å². The molecule has 0 atom stereocenters. The Hall–Kier alpha value is -2.83. The molecule has 0 bridgehead atoms. The minimum absolute atomic E-state index is 0.141. The molecule has 7 heteroatoms. The van der Waals surface area contributed by atoms with Gasteiger partial charge in [-0.2, -0.15) is 4.39 Å². The molecule has 0 saturated heterocycles. The van der Waals surface area contributed by atoms with E-state index < -0.39 is 22.2 Å².